The average Bonchev–Trinajstić information content (AvgIpc) is 2.91. The first-order valence-electron chi connectivity index (χ1n) is 6.53. The predicted octanol–water partition coefficient (Wildman–Crippen LogP) is 4.88. The fourth-order valence-corrected chi connectivity index (χ4v) is 2.39. The van der Waals surface area contributed by atoms with Crippen LogP contribution in [0.1, 0.15) is 42.2 Å². The Hall–Kier alpha value is -1.52. The Bertz CT molecular complexity index is 509. The van der Waals surface area contributed by atoms with Crippen LogP contribution in [0.2, 0.25) is 0 Å². The van der Waals surface area contributed by atoms with Crippen molar-refractivity contribution in [1.29, 1.82) is 0 Å². The summed E-state index contributed by atoms with van der Waals surface area (Å²) in [5.41, 5.74) is 2.52. The SMILES string of the molecule is CCCCCc1ccc(C#Cc2cccs2)cc1. The minimum absolute atomic E-state index is 1.10. The van der Waals surface area contributed by atoms with Gasteiger partial charge >= 0.3 is 0 Å². The van der Waals surface area contributed by atoms with Gasteiger partial charge in [-0.25, -0.2) is 0 Å². The quantitative estimate of drug-likeness (QED) is 0.539. The normalized spacial score (nSPS) is 9.83. The third-order valence-electron chi connectivity index (χ3n) is 2.87. The maximum absolute atomic E-state index is 3.20. The first-order valence-corrected chi connectivity index (χ1v) is 7.41. The summed E-state index contributed by atoms with van der Waals surface area (Å²) >= 11 is 1.69. The molecule has 0 unspecified atom stereocenters. The molecule has 0 fully saturated rings. The van der Waals surface area contributed by atoms with Gasteiger partial charge < -0.3 is 0 Å². The first kappa shape index (κ1) is 12.9. The summed E-state index contributed by atoms with van der Waals surface area (Å²) in [5.74, 6) is 6.38. The number of thiophene rings is 1. The molecule has 1 aromatic heterocycles. The summed E-state index contributed by atoms with van der Waals surface area (Å²) in [5, 5.41) is 2.06. The predicted molar refractivity (Wildman–Crippen MR) is 80.0 cm³/mol. The molecule has 0 N–H and O–H groups in total. The van der Waals surface area contributed by atoms with Crippen molar-refractivity contribution in [2.24, 2.45) is 0 Å². The van der Waals surface area contributed by atoms with E-state index in [1.54, 1.807) is 11.3 Å². The number of unbranched alkanes of at least 4 members (excludes halogenated alkanes) is 2. The highest BCUT2D eigenvalue weighted by Crippen LogP contribution is 2.09. The molecule has 0 spiro atoms. The van der Waals surface area contributed by atoms with Crippen molar-refractivity contribution in [1.82, 2.24) is 0 Å². The van der Waals surface area contributed by atoms with E-state index in [1.807, 2.05) is 6.07 Å². The van der Waals surface area contributed by atoms with Crippen molar-refractivity contribution < 1.29 is 0 Å². The van der Waals surface area contributed by atoms with Gasteiger partial charge in [0.15, 0.2) is 0 Å². The van der Waals surface area contributed by atoms with Gasteiger partial charge in [0.25, 0.3) is 0 Å². The molecule has 92 valence electrons. The van der Waals surface area contributed by atoms with Crippen LogP contribution in [-0.4, -0.2) is 0 Å². The smallest absolute Gasteiger partial charge is 0.0772 e. The lowest BCUT2D eigenvalue weighted by Gasteiger charge is -2.00. The Morgan fingerprint density at radius 3 is 2.50 bits per heavy atom. The highest BCUT2D eigenvalue weighted by Gasteiger charge is 1.93. The number of aryl methyl sites for hydroxylation is 1. The highest BCUT2D eigenvalue weighted by atomic mass is 32.1. The molecule has 1 heteroatoms. The van der Waals surface area contributed by atoms with E-state index in [9.17, 15) is 0 Å². The summed E-state index contributed by atoms with van der Waals surface area (Å²) in [6.45, 7) is 2.24. The van der Waals surface area contributed by atoms with Gasteiger partial charge in [-0.1, -0.05) is 49.8 Å². The summed E-state index contributed by atoms with van der Waals surface area (Å²) in [4.78, 5) is 1.13. The molecule has 0 nitrogen and oxygen atoms in total. The van der Waals surface area contributed by atoms with Gasteiger partial charge in [0.05, 0.1) is 4.88 Å². The third kappa shape index (κ3) is 4.05. The summed E-state index contributed by atoms with van der Waals surface area (Å²) in [6, 6.07) is 12.7. The first-order chi connectivity index (χ1) is 8.88. The van der Waals surface area contributed by atoms with Crippen molar-refractivity contribution in [2.45, 2.75) is 32.6 Å². The third-order valence-corrected chi connectivity index (χ3v) is 3.66. The zero-order valence-corrected chi connectivity index (χ0v) is 11.6. The van der Waals surface area contributed by atoms with Crippen LogP contribution in [-0.2, 0) is 6.42 Å². The van der Waals surface area contributed by atoms with Crippen LogP contribution in [0, 0.1) is 11.8 Å². The van der Waals surface area contributed by atoms with E-state index < -0.39 is 0 Å². The molecule has 2 aromatic rings. The van der Waals surface area contributed by atoms with Crippen molar-refractivity contribution in [2.75, 3.05) is 0 Å². The Balaban J connectivity index is 1.95. The molecule has 0 amide bonds. The molecular weight excluding hydrogens is 236 g/mol. The lowest BCUT2D eigenvalue weighted by Crippen LogP contribution is -1.85. The van der Waals surface area contributed by atoms with Crippen LogP contribution in [0.4, 0.5) is 0 Å². The largest absolute Gasteiger partial charge is 0.135 e. The van der Waals surface area contributed by atoms with Crippen LogP contribution >= 0.6 is 11.3 Å². The van der Waals surface area contributed by atoms with Crippen LogP contribution in [0.3, 0.4) is 0 Å². The number of rotatable bonds is 4. The molecule has 2 rings (SSSR count). The zero-order valence-electron chi connectivity index (χ0n) is 10.8. The molecule has 0 aliphatic heterocycles. The van der Waals surface area contributed by atoms with E-state index in [2.05, 4.69) is 54.5 Å². The molecule has 1 aromatic carbocycles. The second kappa shape index (κ2) is 7.03. The highest BCUT2D eigenvalue weighted by molar-refractivity contribution is 7.10. The molecule has 0 atom stereocenters. The summed E-state index contributed by atoms with van der Waals surface area (Å²) < 4.78 is 0. The Morgan fingerprint density at radius 1 is 1.00 bits per heavy atom. The zero-order chi connectivity index (χ0) is 12.6. The maximum Gasteiger partial charge on any atom is 0.0772 e. The van der Waals surface area contributed by atoms with Crippen LogP contribution in [0.15, 0.2) is 41.8 Å². The van der Waals surface area contributed by atoms with Crippen molar-refractivity contribution >= 4 is 11.3 Å². The van der Waals surface area contributed by atoms with Gasteiger partial charge in [-0.3, -0.25) is 0 Å². The number of hydrogen-bond donors (Lipinski definition) is 0. The van der Waals surface area contributed by atoms with E-state index in [4.69, 9.17) is 0 Å². The number of hydrogen-bond acceptors (Lipinski definition) is 1. The van der Waals surface area contributed by atoms with Crippen LogP contribution in [0.5, 0.6) is 0 Å². The Kier molecular flexibility index (Phi) is 5.05. The topological polar surface area (TPSA) is 0 Å². The summed E-state index contributed by atoms with van der Waals surface area (Å²) in [7, 11) is 0. The molecule has 0 aliphatic carbocycles. The standard InChI is InChI=1S/C17H18S/c1-2-3-4-6-15-8-10-16(11-9-15)12-13-17-7-5-14-18-17/h5,7-11,14H,2-4,6H2,1H3. The lowest BCUT2D eigenvalue weighted by atomic mass is 10.1. The van der Waals surface area contributed by atoms with E-state index >= 15 is 0 Å². The fraction of sp³-hybridized carbons (Fsp3) is 0.294. The van der Waals surface area contributed by atoms with Crippen molar-refractivity contribution in [3.8, 4) is 11.8 Å². The molecule has 0 radical (unpaired) electrons. The van der Waals surface area contributed by atoms with E-state index in [1.165, 1.54) is 31.2 Å². The molecule has 0 aliphatic rings. The van der Waals surface area contributed by atoms with Gasteiger partial charge in [-0.15, -0.1) is 11.3 Å². The number of benzene rings is 1. The molecule has 18 heavy (non-hydrogen) atoms. The second-order valence-electron chi connectivity index (χ2n) is 4.38. The van der Waals surface area contributed by atoms with Gasteiger partial charge in [0.2, 0.25) is 0 Å². The van der Waals surface area contributed by atoms with Crippen LogP contribution < -0.4 is 0 Å². The molecular formula is C17H18S. The van der Waals surface area contributed by atoms with E-state index in [0.29, 0.717) is 0 Å². The maximum atomic E-state index is 3.20. The molecule has 0 saturated carbocycles. The van der Waals surface area contributed by atoms with Gasteiger partial charge in [0.1, 0.15) is 0 Å². The minimum atomic E-state index is 1.10. The van der Waals surface area contributed by atoms with E-state index in [-0.39, 0.29) is 0 Å². The molecule has 0 bridgehead atoms. The average molecular weight is 254 g/mol. The van der Waals surface area contributed by atoms with Crippen molar-refractivity contribution in [3.63, 3.8) is 0 Å². The van der Waals surface area contributed by atoms with E-state index in [0.717, 1.165) is 10.4 Å². The Labute approximate surface area is 114 Å². The van der Waals surface area contributed by atoms with Gasteiger partial charge in [-0.05, 0) is 42.0 Å². The van der Waals surface area contributed by atoms with Crippen molar-refractivity contribution in [3.05, 3.63) is 57.8 Å². The molecule has 1 heterocycles. The second-order valence-corrected chi connectivity index (χ2v) is 5.33. The fourth-order valence-electron chi connectivity index (χ4n) is 1.82. The summed E-state index contributed by atoms with van der Waals surface area (Å²) in [6.07, 6.45) is 5.08. The Morgan fingerprint density at radius 2 is 1.83 bits per heavy atom. The lowest BCUT2D eigenvalue weighted by molar-refractivity contribution is 0.717. The minimum Gasteiger partial charge on any atom is -0.135 e. The molecule has 0 saturated heterocycles. The van der Waals surface area contributed by atoms with Crippen LogP contribution in [0.25, 0.3) is 0 Å². The monoisotopic (exact) mass is 254 g/mol. The van der Waals surface area contributed by atoms with Gasteiger partial charge in [0, 0.05) is 5.56 Å². The van der Waals surface area contributed by atoms with Gasteiger partial charge in [-0.2, -0.15) is 0 Å².